The topological polar surface area (TPSA) is 18.5 Å². The molecule has 3 rings (SSSR count). The zero-order valence-corrected chi connectivity index (χ0v) is 11.0. The van der Waals surface area contributed by atoms with Gasteiger partial charge < -0.3 is 10.2 Å². The molecule has 1 N–H and O–H groups in total. The van der Waals surface area contributed by atoms with E-state index in [1.807, 2.05) is 0 Å². The number of hydrogen-bond donors (Lipinski definition) is 1. The Labute approximate surface area is 110 Å². The molecule has 1 aromatic carbocycles. The SMILES string of the molecule is c1ccc(N2CCN(CCC3CNC3)CC2)cc1. The Morgan fingerprint density at radius 3 is 2.33 bits per heavy atom. The molecule has 0 atom stereocenters. The Morgan fingerprint density at radius 1 is 1.00 bits per heavy atom. The average Bonchev–Trinajstić information content (AvgIpc) is 2.39. The van der Waals surface area contributed by atoms with Gasteiger partial charge in [0.25, 0.3) is 0 Å². The Kier molecular flexibility index (Phi) is 3.81. The van der Waals surface area contributed by atoms with Gasteiger partial charge in [-0.1, -0.05) is 18.2 Å². The van der Waals surface area contributed by atoms with Gasteiger partial charge in [-0.05, 0) is 44.1 Å². The molecule has 2 heterocycles. The number of anilines is 1. The highest BCUT2D eigenvalue weighted by Crippen LogP contribution is 2.16. The molecular weight excluding hydrogens is 222 g/mol. The van der Waals surface area contributed by atoms with Crippen LogP contribution < -0.4 is 10.2 Å². The van der Waals surface area contributed by atoms with Crippen molar-refractivity contribution in [2.24, 2.45) is 5.92 Å². The van der Waals surface area contributed by atoms with Crippen molar-refractivity contribution in [3.05, 3.63) is 30.3 Å². The second-order valence-corrected chi connectivity index (χ2v) is 5.48. The summed E-state index contributed by atoms with van der Waals surface area (Å²) in [6.45, 7) is 8.55. The summed E-state index contributed by atoms with van der Waals surface area (Å²) < 4.78 is 0. The van der Waals surface area contributed by atoms with Crippen molar-refractivity contribution >= 4 is 5.69 Å². The average molecular weight is 245 g/mol. The lowest BCUT2D eigenvalue weighted by molar-refractivity contribution is 0.216. The van der Waals surface area contributed by atoms with Crippen LogP contribution in [-0.4, -0.2) is 50.7 Å². The van der Waals surface area contributed by atoms with E-state index in [2.05, 4.69) is 45.4 Å². The van der Waals surface area contributed by atoms with E-state index in [9.17, 15) is 0 Å². The molecule has 0 bridgehead atoms. The number of benzene rings is 1. The highest BCUT2D eigenvalue weighted by atomic mass is 15.3. The summed E-state index contributed by atoms with van der Waals surface area (Å²) in [4.78, 5) is 5.12. The maximum absolute atomic E-state index is 3.35. The fourth-order valence-electron chi connectivity index (χ4n) is 2.79. The lowest BCUT2D eigenvalue weighted by Crippen LogP contribution is -2.48. The zero-order chi connectivity index (χ0) is 12.2. The Bertz CT molecular complexity index is 353. The minimum absolute atomic E-state index is 0.942. The number of nitrogens with one attached hydrogen (secondary N) is 1. The summed E-state index contributed by atoms with van der Waals surface area (Å²) in [6, 6.07) is 10.8. The summed E-state index contributed by atoms with van der Waals surface area (Å²) in [5, 5.41) is 3.35. The van der Waals surface area contributed by atoms with Crippen LogP contribution in [-0.2, 0) is 0 Å². The molecule has 1 aromatic rings. The molecule has 98 valence electrons. The van der Waals surface area contributed by atoms with Crippen molar-refractivity contribution < 1.29 is 0 Å². The van der Waals surface area contributed by atoms with E-state index in [1.165, 1.54) is 57.9 Å². The van der Waals surface area contributed by atoms with Crippen LogP contribution in [0.2, 0.25) is 0 Å². The van der Waals surface area contributed by atoms with Crippen LogP contribution in [0.4, 0.5) is 5.69 Å². The Morgan fingerprint density at radius 2 is 1.72 bits per heavy atom. The van der Waals surface area contributed by atoms with Crippen molar-refractivity contribution in [1.29, 1.82) is 0 Å². The molecule has 0 radical (unpaired) electrons. The van der Waals surface area contributed by atoms with Crippen LogP contribution in [0.1, 0.15) is 6.42 Å². The number of rotatable bonds is 4. The van der Waals surface area contributed by atoms with Gasteiger partial charge >= 0.3 is 0 Å². The van der Waals surface area contributed by atoms with Gasteiger partial charge in [-0.15, -0.1) is 0 Å². The Balaban J connectivity index is 1.43. The van der Waals surface area contributed by atoms with E-state index in [0.29, 0.717) is 0 Å². The molecule has 2 saturated heterocycles. The summed E-state index contributed by atoms with van der Waals surface area (Å²) in [5.74, 6) is 0.942. The van der Waals surface area contributed by atoms with Gasteiger partial charge in [0.15, 0.2) is 0 Å². The number of hydrogen-bond acceptors (Lipinski definition) is 3. The molecule has 0 spiro atoms. The number of piperazine rings is 1. The largest absolute Gasteiger partial charge is 0.369 e. The molecule has 0 saturated carbocycles. The highest BCUT2D eigenvalue weighted by Gasteiger charge is 2.20. The predicted molar refractivity (Wildman–Crippen MR) is 76.1 cm³/mol. The lowest BCUT2D eigenvalue weighted by atomic mass is 9.99. The molecule has 0 aromatic heterocycles. The minimum atomic E-state index is 0.942. The van der Waals surface area contributed by atoms with Gasteiger partial charge in [-0.2, -0.15) is 0 Å². The maximum atomic E-state index is 3.35. The number of para-hydroxylation sites is 1. The molecular formula is C15H23N3. The summed E-state index contributed by atoms with van der Waals surface area (Å²) in [5.41, 5.74) is 1.38. The first kappa shape index (κ1) is 12.0. The fraction of sp³-hybridized carbons (Fsp3) is 0.600. The molecule has 3 nitrogen and oxygen atoms in total. The molecule has 2 aliphatic rings. The van der Waals surface area contributed by atoms with Gasteiger partial charge in [-0.25, -0.2) is 0 Å². The van der Waals surface area contributed by atoms with E-state index in [0.717, 1.165) is 5.92 Å². The normalized spacial score (nSPS) is 21.9. The van der Waals surface area contributed by atoms with E-state index < -0.39 is 0 Å². The van der Waals surface area contributed by atoms with Crippen molar-refractivity contribution in [2.75, 3.05) is 50.7 Å². The van der Waals surface area contributed by atoms with Crippen LogP contribution in [0.15, 0.2) is 30.3 Å². The fourth-order valence-corrected chi connectivity index (χ4v) is 2.79. The smallest absolute Gasteiger partial charge is 0.0367 e. The van der Waals surface area contributed by atoms with Crippen LogP contribution in [0, 0.1) is 5.92 Å². The number of nitrogens with zero attached hydrogens (tertiary/aromatic N) is 2. The van der Waals surface area contributed by atoms with E-state index >= 15 is 0 Å². The monoisotopic (exact) mass is 245 g/mol. The first-order chi connectivity index (χ1) is 8.92. The summed E-state index contributed by atoms with van der Waals surface area (Å²) >= 11 is 0. The van der Waals surface area contributed by atoms with Crippen LogP contribution >= 0.6 is 0 Å². The second kappa shape index (κ2) is 5.72. The van der Waals surface area contributed by atoms with Gasteiger partial charge in [0.2, 0.25) is 0 Å². The molecule has 18 heavy (non-hydrogen) atoms. The molecule has 3 heteroatoms. The maximum Gasteiger partial charge on any atom is 0.0367 e. The Hall–Kier alpha value is -1.06. The standard InChI is InChI=1S/C15H23N3/c1-2-4-15(5-3-1)18-10-8-17(9-11-18)7-6-14-12-16-13-14/h1-5,14,16H,6-13H2. The van der Waals surface area contributed by atoms with Crippen LogP contribution in [0.25, 0.3) is 0 Å². The lowest BCUT2D eigenvalue weighted by Gasteiger charge is -2.37. The summed E-state index contributed by atoms with van der Waals surface area (Å²) in [7, 11) is 0. The highest BCUT2D eigenvalue weighted by molar-refractivity contribution is 5.46. The van der Waals surface area contributed by atoms with Crippen molar-refractivity contribution in [3.63, 3.8) is 0 Å². The molecule has 2 aliphatic heterocycles. The van der Waals surface area contributed by atoms with E-state index in [-0.39, 0.29) is 0 Å². The first-order valence-corrected chi connectivity index (χ1v) is 7.15. The second-order valence-electron chi connectivity index (χ2n) is 5.48. The minimum Gasteiger partial charge on any atom is -0.369 e. The van der Waals surface area contributed by atoms with E-state index in [4.69, 9.17) is 0 Å². The van der Waals surface area contributed by atoms with Crippen LogP contribution in [0.5, 0.6) is 0 Å². The third-order valence-electron chi connectivity index (χ3n) is 4.21. The molecule has 2 fully saturated rings. The van der Waals surface area contributed by atoms with Crippen molar-refractivity contribution in [2.45, 2.75) is 6.42 Å². The van der Waals surface area contributed by atoms with Gasteiger partial charge in [0.05, 0.1) is 0 Å². The molecule has 0 aliphatic carbocycles. The van der Waals surface area contributed by atoms with Gasteiger partial charge in [-0.3, -0.25) is 4.90 Å². The predicted octanol–water partition coefficient (Wildman–Crippen LogP) is 1.42. The van der Waals surface area contributed by atoms with Crippen molar-refractivity contribution in [1.82, 2.24) is 10.2 Å². The van der Waals surface area contributed by atoms with Gasteiger partial charge in [0, 0.05) is 31.9 Å². The molecule has 0 unspecified atom stereocenters. The van der Waals surface area contributed by atoms with Gasteiger partial charge in [0.1, 0.15) is 0 Å². The third-order valence-corrected chi connectivity index (χ3v) is 4.21. The molecule has 0 amide bonds. The van der Waals surface area contributed by atoms with Crippen LogP contribution in [0.3, 0.4) is 0 Å². The van der Waals surface area contributed by atoms with E-state index in [1.54, 1.807) is 0 Å². The quantitative estimate of drug-likeness (QED) is 0.865. The van der Waals surface area contributed by atoms with Crippen molar-refractivity contribution in [3.8, 4) is 0 Å². The summed E-state index contributed by atoms with van der Waals surface area (Å²) in [6.07, 6.45) is 1.37. The third kappa shape index (κ3) is 2.85. The first-order valence-electron chi connectivity index (χ1n) is 7.15. The zero-order valence-electron chi connectivity index (χ0n) is 11.0.